The molecule has 108 valence electrons. The van der Waals surface area contributed by atoms with E-state index in [4.69, 9.17) is 0 Å². The number of hydrogen-bond acceptors (Lipinski definition) is 1. The van der Waals surface area contributed by atoms with Crippen LogP contribution in [0.3, 0.4) is 0 Å². The van der Waals surface area contributed by atoms with Crippen molar-refractivity contribution in [3.8, 4) is 0 Å². The number of unbranched alkanes of at least 4 members (excludes halogenated alkanes) is 7. The first kappa shape index (κ1) is 14.6. The van der Waals surface area contributed by atoms with E-state index in [0.29, 0.717) is 0 Å². The number of rotatable bonds is 9. The van der Waals surface area contributed by atoms with Crippen molar-refractivity contribution >= 4 is 0 Å². The van der Waals surface area contributed by atoms with E-state index in [1.807, 2.05) is 0 Å². The fourth-order valence-corrected chi connectivity index (χ4v) is 3.14. The number of fused-ring (bicyclic) bond motifs is 1. The molecule has 0 aliphatic heterocycles. The van der Waals surface area contributed by atoms with E-state index in [9.17, 15) is 0 Å². The van der Waals surface area contributed by atoms with Crippen LogP contribution in [0.15, 0.2) is 6.33 Å². The Balaban J connectivity index is 1.57. The second-order valence-electron chi connectivity index (χ2n) is 6.01. The molecule has 1 aromatic rings. The van der Waals surface area contributed by atoms with E-state index in [2.05, 4.69) is 22.8 Å². The van der Waals surface area contributed by atoms with Crippen LogP contribution in [0.2, 0.25) is 0 Å². The van der Waals surface area contributed by atoms with Crippen molar-refractivity contribution in [2.75, 3.05) is 0 Å². The lowest BCUT2D eigenvalue weighted by Crippen LogP contribution is -2.08. The molecule has 0 bridgehead atoms. The number of nitrogens with zero attached hydrogens (tertiary/aromatic N) is 2. The van der Waals surface area contributed by atoms with Crippen LogP contribution < -0.4 is 0 Å². The second kappa shape index (κ2) is 8.39. The van der Waals surface area contributed by atoms with Crippen molar-refractivity contribution in [2.45, 2.75) is 90.5 Å². The van der Waals surface area contributed by atoms with Gasteiger partial charge in [0, 0.05) is 12.2 Å². The molecule has 0 fully saturated rings. The lowest BCUT2D eigenvalue weighted by atomic mass is 10.0. The largest absolute Gasteiger partial charge is 0.334 e. The molecule has 0 unspecified atom stereocenters. The van der Waals surface area contributed by atoms with Crippen molar-refractivity contribution in [1.29, 1.82) is 0 Å². The topological polar surface area (TPSA) is 17.8 Å². The van der Waals surface area contributed by atoms with Crippen molar-refractivity contribution in [3.05, 3.63) is 17.7 Å². The molecule has 1 aromatic heterocycles. The molecule has 1 aliphatic carbocycles. The summed E-state index contributed by atoms with van der Waals surface area (Å²) in [6, 6.07) is 0. The molecule has 1 heterocycles. The summed E-state index contributed by atoms with van der Waals surface area (Å²) in [7, 11) is 0. The molecule has 2 heteroatoms. The van der Waals surface area contributed by atoms with Crippen LogP contribution in [0, 0.1) is 0 Å². The molecule has 19 heavy (non-hydrogen) atoms. The molecule has 0 saturated heterocycles. The minimum atomic E-state index is 1.19. The Hall–Kier alpha value is -0.790. The summed E-state index contributed by atoms with van der Waals surface area (Å²) in [5, 5.41) is 0. The molecular weight excluding hydrogens is 232 g/mol. The Labute approximate surface area is 118 Å². The van der Waals surface area contributed by atoms with Gasteiger partial charge in [0.2, 0.25) is 0 Å². The van der Waals surface area contributed by atoms with Gasteiger partial charge in [-0.3, -0.25) is 0 Å². The third kappa shape index (κ3) is 4.67. The number of aromatic nitrogens is 2. The average Bonchev–Trinajstić information content (AvgIpc) is 2.85. The molecule has 0 saturated carbocycles. The highest BCUT2D eigenvalue weighted by molar-refractivity contribution is 5.16. The van der Waals surface area contributed by atoms with Gasteiger partial charge in [0.1, 0.15) is 0 Å². The van der Waals surface area contributed by atoms with Crippen molar-refractivity contribution in [3.63, 3.8) is 0 Å². The van der Waals surface area contributed by atoms with Crippen LogP contribution in [0.1, 0.15) is 82.5 Å². The molecular formula is C17H30N2. The lowest BCUT2D eigenvalue weighted by Gasteiger charge is -2.13. The smallest absolute Gasteiger partial charge is 0.0951 e. The van der Waals surface area contributed by atoms with Gasteiger partial charge in [0.25, 0.3) is 0 Å². The third-order valence-corrected chi connectivity index (χ3v) is 4.36. The van der Waals surface area contributed by atoms with Gasteiger partial charge in [-0.15, -0.1) is 0 Å². The highest BCUT2D eigenvalue weighted by Crippen LogP contribution is 2.20. The van der Waals surface area contributed by atoms with E-state index >= 15 is 0 Å². The van der Waals surface area contributed by atoms with Gasteiger partial charge >= 0.3 is 0 Å². The van der Waals surface area contributed by atoms with Gasteiger partial charge < -0.3 is 4.57 Å². The molecule has 0 amide bonds. The summed E-state index contributed by atoms with van der Waals surface area (Å²) in [4.78, 5) is 4.57. The van der Waals surface area contributed by atoms with Gasteiger partial charge in [-0.05, 0) is 32.1 Å². The highest BCUT2D eigenvalue weighted by atomic mass is 15.1. The second-order valence-corrected chi connectivity index (χ2v) is 6.01. The summed E-state index contributed by atoms with van der Waals surface area (Å²) >= 11 is 0. The molecule has 0 aromatic carbocycles. The van der Waals surface area contributed by atoms with E-state index in [0.717, 1.165) is 0 Å². The van der Waals surface area contributed by atoms with Gasteiger partial charge in [0.15, 0.2) is 0 Å². The first-order valence-electron chi connectivity index (χ1n) is 8.44. The number of hydrogen-bond donors (Lipinski definition) is 0. The normalized spacial score (nSPS) is 14.6. The zero-order valence-corrected chi connectivity index (χ0v) is 12.7. The van der Waals surface area contributed by atoms with Crippen molar-refractivity contribution < 1.29 is 0 Å². The van der Waals surface area contributed by atoms with Gasteiger partial charge in [-0.2, -0.15) is 0 Å². The monoisotopic (exact) mass is 262 g/mol. The highest BCUT2D eigenvalue weighted by Gasteiger charge is 2.14. The van der Waals surface area contributed by atoms with E-state index in [1.54, 1.807) is 0 Å². The predicted molar refractivity (Wildman–Crippen MR) is 81.5 cm³/mol. The standard InChI is InChI=1S/C17H30N2/c1-2-3-4-5-6-7-8-11-14-19-15-18-16-12-9-10-13-17(16)19/h15H,2-14H2,1H3. The van der Waals surface area contributed by atoms with Gasteiger partial charge in [-0.1, -0.05) is 51.9 Å². The summed E-state index contributed by atoms with van der Waals surface area (Å²) < 4.78 is 2.42. The Bertz CT molecular complexity index is 354. The van der Waals surface area contributed by atoms with E-state index in [-0.39, 0.29) is 0 Å². The SMILES string of the molecule is CCCCCCCCCCn1cnc2c1CCCC2. The van der Waals surface area contributed by atoms with Crippen molar-refractivity contribution in [1.82, 2.24) is 9.55 Å². The summed E-state index contributed by atoms with van der Waals surface area (Å²) in [5.41, 5.74) is 2.92. The zero-order valence-electron chi connectivity index (χ0n) is 12.7. The molecule has 0 spiro atoms. The maximum Gasteiger partial charge on any atom is 0.0951 e. The minimum absolute atomic E-state index is 1.19. The van der Waals surface area contributed by atoms with Crippen LogP contribution in [0.5, 0.6) is 0 Å². The Morgan fingerprint density at radius 3 is 2.42 bits per heavy atom. The fourth-order valence-electron chi connectivity index (χ4n) is 3.14. The Morgan fingerprint density at radius 1 is 0.947 bits per heavy atom. The third-order valence-electron chi connectivity index (χ3n) is 4.36. The maximum absolute atomic E-state index is 4.57. The molecule has 0 N–H and O–H groups in total. The molecule has 0 atom stereocenters. The van der Waals surface area contributed by atoms with Gasteiger partial charge in [-0.25, -0.2) is 4.98 Å². The Morgan fingerprint density at radius 2 is 1.63 bits per heavy atom. The first-order valence-corrected chi connectivity index (χ1v) is 8.44. The van der Waals surface area contributed by atoms with Crippen LogP contribution >= 0.6 is 0 Å². The average molecular weight is 262 g/mol. The van der Waals surface area contributed by atoms with Gasteiger partial charge in [0.05, 0.1) is 12.0 Å². The fraction of sp³-hybridized carbons (Fsp3) is 0.824. The summed E-state index contributed by atoms with van der Waals surface area (Å²) in [6.07, 6.45) is 18.5. The zero-order chi connectivity index (χ0) is 13.3. The number of aryl methyl sites for hydroxylation is 2. The number of imidazole rings is 1. The molecule has 1 aliphatic rings. The van der Waals surface area contributed by atoms with Crippen LogP contribution in [-0.2, 0) is 19.4 Å². The van der Waals surface area contributed by atoms with E-state index in [1.165, 1.54) is 95.0 Å². The summed E-state index contributed by atoms with van der Waals surface area (Å²) in [5.74, 6) is 0. The lowest BCUT2D eigenvalue weighted by molar-refractivity contribution is 0.529. The molecule has 2 nitrogen and oxygen atoms in total. The van der Waals surface area contributed by atoms with E-state index < -0.39 is 0 Å². The molecule has 2 rings (SSSR count). The van der Waals surface area contributed by atoms with Crippen LogP contribution in [0.4, 0.5) is 0 Å². The predicted octanol–water partition coefficient (Wildman–Crippen LogP) is 4.90. The van der Waals surface area contributed by atoms with Crippen molar-refractivity contribution in [2.24, 2.45) is 0 Å². The molecule has 0 radical (unpaired) electrons. The summed E-state index contributed by atoms with van der Waals surface area (Å²) in [6.45, 7) is 3.48. The maximum atomic E-state index is 4.57. The first-order chi connectivity index (χ1) is 9.42. The van der Waals surface area contributed by atoms with Crippen LogP contribution in [0.25, 0.3) is 0 Å². The Kier molecular flexibility index (Phi) is 6.46. The van der Waals surface area contributed by atoms with Crippen LogP contribution in [-0.4, -0.2) is 9.55 Å². The quantitative estimate of drug-likeness (QED) is 0.579. The minimum Gasteiger partial charge on any atom is -0.334 e.